The van der Waals surface area contributed by atoms with Gasteiger partial charge in [0.15, 0.2) is 5.78 Å². The van der Waals surface area contributed by atoms with E-state index >= 15 is 0 Å². The van der Waals surface area contributed by atoms with Crippen molar-refractivity contribution in [1.82, 2.24) is 0 Å². The minimum atomic E-state index is -0.265. The topological polar surface area (TPSA) is 34.1 Å². The summed E-state index contributed by atoms with van der Waals surface area (Å²) < 4.78 is 0. The van der Waals surface area contributed by atoms with E-state index < -0.39 is 0 Å². The fourth-order valence-corrected chi connectivity index (χ4v) is 4.57. The summed E-state index contributed by atoms with van der Waals surface area (Å²) in [6.45, 7) is 2.27. The molecule has 0 heterocycles. The Morgan fingerprint density at radius 2 is 1.86 bits per heavy atom. The molecule has 1 aromatic carbocycles. The van der Waals surface area contributed by atoms with Crippen molar-refractivity contribution in [3.05, 3.63) is 35.9 Å². The highest BCUT2D eigenvalue weighted by molar-refractivity contribution is 5.98. The first-order chi connectivity index (χ1) is 10.1. The highest BCUT2D eigenvalue weighted by Gasteiger charge is 2.53. The SMILES string of the molecule is C[C@@]12CCCC[C@]1(C=O)C[C@@H](C(=O)c1ccccc1)CC2. The van der Waals surface area contributed by atoms with Crippen LogP contribution in [0.4, 0.5) is 0 Å². The zero-order chi connectivity index (χ0) is 14.9. The Labute approximate surface area is 126 Å². The molecule has 0 N–H and O–H groups in total. The number of ketones is 1. The number of rotatable bonds is 3. The Balaban J connectivity index is 1.85. The molecule has 0 aliphatic heterocycles. The van der Waals surface area contributed by atoms with Crippen LogP contribution in [0.5, 0.6) is 0 Å². The van der Waals surface area contributed by atoms with E-state index in [1.165, 1.54) is 12.7 Å². The molecule has 2 saturated carbocycles. The van der Waals surface area contributed by atoms with Gasteiger partial charge in [-0.3, -0.25) is 4.79 Å². The van der Waals surface area contributed by atoms with Crippen molar-refractivity contribution in [3.63, 3.8) is 0 Å². The van der Waals surface area contributed by atoms with Crippen LogP contribution in [0.25, 0.3) is 0 Å². The normalized spacial score (nSPS) is 35.8. The molecule has 0 unspecified atom stereocenters. The van der Waals surface area contributed by atoms with Crippen molar-refractivity contribution < 1.29 is 9.59 Å². The Kier molecular flexibility index (Phi) is 3.73. The summed E-state index contributed by atoms with van der Waals surface area (Å²) >= 11 is 0. The van der Waals surface area contributed by atoms with Crippen LogP contribution in [0.1, 0.15) is 62.2 Å². The van der Waals surface area contributed by atoms with Crippen molar-refractivity contribution in [2.45, 2.75) is 51.9 Å². The van der Waals surface area contributed by atoms with Crippen LogP contribution in [0.15, 0.2) is 30.3 Å². The summed E-state index contributed by atoms with van der Waals surface area (Å²) in [5.41, 5.74) is 0.641. The van der Waals surface area contributed by atoms with Gasteiger partial charge >= 0.3 is 0 Å². The fourth-order valence-electron chi connectivity index (χ4n) is 4.57. The van der Waals surface area contributed by atoms with Crippen molar-refractivity contribution in [3.8, 4) is 0 Å². The Hall–Kier alpha value is -1.44. The van der Waals surface area contributed by atoms with E-state index in [4.69, 9.17) is 0 Å². The molecule has 21 heavy (non-hydrogen) atoms. The van der Waals surface area contributed by atoms with Crippen molar-refractivity contribution >= 4 is 12.1 Å². The molecule has 1 aromatic rings. The first-order valence-corrected chi connectivity index (χ1v) is 8.16. The number of aldehydes is 1. The van der Waals surface area contributed by atoms with E-state index in [9.17, 15) is 9.59 Å². The minimum Gasteiger partial charge on any atom is -0.303 e. The maximum atomic E-state index is 12.7. The lowest BCUT2D eigenvalue weighted by Gasteiger charge is -2.54. The molecule has 2 aliphatic rings. The van der Waals surface area contributed by atoms with Gasteiger partial charge in [-0.1, -0.05) is 50.1 Å². The van der Waals surface area contributed by atoms with Crippen LogP contribution in [-0.2, 0) is 4.79 Å². The van der Waals surface area contributed by atoms with Crippen molar-refractivity contribution in [2.75, 3.05) is 0 Å². The number of carbonyl (C=O) groups is 2. The van der Waals surface area contributed by atoms with E-state index in [1.807, 2.05) is 30.3 Å². The molecule has 0 radical (unpaired) electrons. The van der Waals surface area contributed by atoms with Gasteiger partial charge in [0.2, 0.25) is 0 Å². The first kappa shape index (κ1) is 14.5. The van der Waals surface area contributed by atoms with Gasteiger partial charge in [-0.2, -0.15) is 0 Å². The third-order valence-corrected chi connectivity index (χ3v) is 6.11. The fraction of sp³-hybridized carbons (Fsp3) is 0.579. The summed E-state index contributed by atoms with van der Waals surface area (Å²) in [6, 6.07) is 9.55. The third-order valence-electron chi connectivity index (χ3n) is 6.11. The van der Waals surface area contributed by atoms with E-state index in [0.717, 1.165) is 44.1 Å². The zero-order valence-corrected chi connectivity index (χ0v) is 12.8. The highest BCUT2D eigenvalue weighted by atomic mass is 16.1. The highest BCUT2D eigenvalue weighted by Crippen LogP contribution is 2.59. The second-order valence-electron chi connectivity index (χ2n) is 7.21. The van der Waals surface area contributed by atoms with Crippen LogP contribution in [0, 0.1) is 16.7 Å². The van der Waals surface area contributed by atoms with Crippen LogP contribution in [0.3, 0.4) is 0 Å². The van der Waals surface area contributed by atoms with Gasteiger partial charge in [-0.05, 0) is 37.5 Å². The summed E-state index contributed by atoms with van der Waals surface area (Å²) in [6.07, 6.45) is 8.33. The summed E-state index contributed by atoms with van der Waals surface area (Å²) in [5.74, 6) is 0.244. The molecule has 2 heteroatoms. The smallest absolute Gasteiger partial charge is 0.165 e. The molecule has 2 aliphatic carbocycles. The Morgan fingerprint density at radius 1 is 1.14 bits per heavy atom. The molecule has 2 nitrogen and oxygen atoms in total. The average Bonchev–Trinajstić information content (AvgIpc) is 2.54. The van der Waals surface area contributed by atoms with Crippen LogP contribution >= 0.6 is 0 Å². The molecule has 0 saturated heterocycles. The van der Waals surface area contributed by atoms with Gasteiger partial charge in [0.1, 0.15) is 6.29 Å². The number of hydrogen-bond donors (Lipinski definition) is 0. The molecule has 2 fully saturated rings. The Morgan fingerprint density at radius 3 is 2.57 bits per heavy atom. The maximum absolute atomic E-state index is 12.7. The predicted molar refractivity (Wildman–Crippen MR) is 83.2 cm³/mol. The second-order valence-corrected chi connectivity index (χ2v) is 7.21. The van der Waals surface area contributed by atoms with Gasteiger partial charge in [0.05, 0.1) is 0 Å². The van der Waals surface area contributed by atoms with Crippen molar-refractivity contribution in [2.24, 2.45) is 16.7 Å². The van der Waals surface area contributed by atoms with Gasteiger partial charge in [0.25, 0.3) is 0 Å². The number of Topliss-reactive ketones (excluding diaryl/α,β-unsaturated/α-hetero) is 1. The van der Waals surface area contributed by atoms with Crippen molar-refractivity contribution in [1.29, 1.82) is 0 Å². The Bertz CT molecular complexity index is 536. The lowest BCUT2D eigenvalue weighted by molar-refractivity contribution is -0.133. The number of fused-ring (bicyclic) bond motifs is 1. The second kappa shape index (κ2) is 5.40. The summed E-state index contributed by atoms with van der Waals surface area (Å²) in [7, 11) is 0. The lowest BCUT2D eigenvalue weighted by Crippen LogP contribution is -2.49. The van der Waals surface area contributed by atoms with Gasteiger partial charge in [0, 0.05) is 16.9 Å². The standard InChI is InChI=1S/C19H24O2/c1-18-10-5-6-11-19(18,14-20)13-16(9-12-18)17(21)15-7-3-2-4-8-15/h2-4,7-8,14,16H,5-6,9-13H2,1H3/t16-,18-,19+/m0/s1. The largest absolute Gasteiger partial charge is 0.303 e. The van der Waals surface area contributed by atoms with Gasteiger partial charge in [-0.25, -0.2) is 0 Å². The van der Waals surface area contributed by atoms with Gasteiger partial charge in [-0.15, -0.1) is 0 Å². The van der Waals surface area contributed by atoms with Crippen LogP contribution in [0.2, 0.25) is 0 Å². The molecular weight excluding hydrogens is 260 g/mol. The summed E-state index contributed by atoms with van der Waals surface area (Å²) in [5, 5.41) is 0. The zero-order valence-electron chi connectivity index (χ0n) is 12.8. The number of benzene rings is 1. The minimum absolute atomic E-state index is 0.0174. The number of hydrogen-bond acceptors (Lipinski definition) is 2. The van der Waals surface area contributed by atoms with Gasteiger partial charge < -0.3 is 4.79 Å². The molecular formula is C19H24O2. The molecule has 0 aromatic heterocycles. The molecule has 0 bridgehead atoms. The molecule has 3 rings (SSSR count). The van der Waals surface area contributed by atoms with E-state index in [-0.39, 0.29) is 22.5 Å². The van der Waals surface area contributed by atoms with E-state index in [1.54, 1.807) is 0 Å². The summed E-state index contributed by atoms with van der Waals surface area (Å²) in [4.78, 5) is 24.6. The van der Waals surface area contributed by atoms with Crippen LogP contribution in [-0.4, -0.2) is 12.1 Å². The van der Waals surface area contributed by atoms with Crippen LogP contribution < -0.4 is 0 Å². The molecule has 112 valence electrons. The average molecular weight is 284 g/mol. The monoisotopic (exact) mass is 284 g/mol. The number of carbonyl (C=O) groups excluding carboxylic acids is 2. The predicted octanol–water partition coefficient (Wildman–Crippen LogP) is 4.44. The van der Waals surface area contributed by atoms with E-state index in [2.05, 4.69) is 6.92 Å². The first-order valence-electron chi connectivity index (χ1n) is 8.16. The maximum Gasteiger partial charge on any atom is 0.165 e. The third kappa shape index (κ3) is 2.35. The molecule has 0 amide bonds. The quantitative estimate of drug-likeness (QED) is 0.607. The molecule has 3 atom stereocenters. The molecule has 0 spiro atoms. The van der Waals surface area contributed by atoms with E-state index in [0.29, 0.717) is 0 Å². The lowest BCUT2D eigenvalue weighted by atomic mass is 9.49.